The molecule has 0 unspecified atom stereocenters. The number of amides is 2. The predicted octanol–water partition coefficient (Wildman–Crippen LogP) is 2.76. The van der Waals surface area contributed by atoms with E-state index in [-0.39, 0.29) is 17.9 Å². The number of carbonyl (C=O) groups excluding carboxylic acids is 2. The summed E-state index contributed by atoms with van der Waals surface area (Å²) in [5.74, 6) is 1.21. The van der Waals surface area contributed by atoms with Crippen LogP contribution in [0.4, 0.5) is 5.69 Å². The number of fused-ring (bicyclic) bond motifs is 1. The average molecular weight is 519 g/mol. The fraction of sp³-hybridized carbons (Fsp3) is 0.517. The second-order valence-corrected chi connectivity index (χ2v) is 10.3. The highest BCUT2D eigenvalue weighted by molar-refractivity contribution is 6.12. The van der Waals surface area contributed by atoms with Crippen molar-refractivity contribution >= 4 is 23.3 Å². The zero-order valence-corrected chi connectivity index (χ0v) is 22.3. The Hall–Kier alpha value is -3.30. The number of rotatable bonds is 8. The van der Waals surface area contributed by atoms with Crippen molar-refractivity contribution in [2.75, 3.05) is 57.8 Å². The monoisotopic (exact) mass is 518 g/mol. The van der Waals surface area contributed by atoms with Crippen LogP contribution >= 0.6 is 0 Å². The zero-order valence-electron chi connectivity index (χ0n) is 22.3. The molecule has 1 N–H and O–H groups in total. The van der Waals surface area contributed by atoms with Crippen molar-refractivity contribution in [1.29, 1.82) is 0 Å². The highest BCUT2D eigenvalue weighted by Gasteiger charge is 2.35. The van der Waals surface area contributed by atoms with Gasteiger partial charge in [0, 0.05) is 55.5 Å². The van der Waals surface area contributed by atoms with Gasteiger partial charge in [0.2, 0.25) is 11.8 Å². The number of anilines is 1. The minimum Gasteiger partial charge on any atom is -0.476 e. The lowest BCUT2D eigenvalue weighted by molar-refractivity contribution is -0.131. The Labute approximate surface area is 224 Å². The van der Waals surface area contributed by atoms with Crippen LogP contribution in [0.5, 0.6) is 5.88 Å². The maximum Gasteiger partial charge on any atom is 0.278 e. The molecular weight excluding hydrogens is 480 g/mol. The number of aliphatic imine (C=N–C) groups is 1. The highest BCUT2D eigenvalue weighted by atomic mass is 16.5. The number of nitrogens with one attached hydrogen (secondary N) is 1. The molecule has 9 heteroatoms. The molecule has 0 spiro atoms. The van der Waals surface area contributed by atoms with Gasteiger partial charge in [0.1, 0.15) is 12.4 Å². The lowest BCUT2D eigenvalue weighted by atomic mass is 10.0. The first-order valence-electron chi connectivity index (χ1n) is 13.8. The number of likely N-dealkylation sites (tertiary alicyclic amines) is 2. The number of piperidine rings is 2. The second-order valence-electron chi connectivity index (χ2n) is 10.3. The van der Waals surface area contributed by atoms with Crippen molar-refractivity contribution in [3.05, 3.63) is 53.7 Å². The summed E-state index contributed by atoms with van der Waals surface area (Å²) in [6, 6.07) is 11.3. The Bertz CT molecular complexity index is 1140. The van der Waals surface area contributed by atoms with Crippen LogP contribution in [0.15, 0.2) is 47.6 Å². The van der Waals surface area contributed by atoms with Crippen molar-refractivity contribution in [2.24, 2.45) is 4.99 Å². The lowest BCUT2D eigenvalue weighted by Gasteiger charge is -2.38. The number of hydrogen-bond acceptors (Lipinski definition) is 6. The predicted molar refractivity (Wildman–Crippen MR) is 148 cm³/mol. The second kappa shape index (κ2) is 12.5. The van der Waals surface area contributed by atoms with Gasteiger partial charge in [-0.25, -0.2) is 4.98 Å². The summed E-state index contributed by atoms with van der Waals surface area (Å²) in [7, 11) is 1.79. The van der Waals surface area contributed by atoms with Gasteiger partial charge < -0.3 is 19.9 Å². The fourth-order valence-electron chi connectivity index (χ4n) is 5.65. The summed E-state index contributed by atoms with van der Waals surface area (Å²) in [6.45, 7) is 5.49. The first-order chi connectivity index (χ1) is 18.6. The van der Waals surface area contributed by atoms with Crippen LogP contribution in [0.25, 0.3) is 0 Å². The molecule has 1 aromatic heterocycles. The minimum atomic E-state index is -0.244. The number of pyridine rings is 1. The van der Waals surface area contributed by atoms with Gasteiger partial charge in [-0.2, -0.15) is 4.99 Å². The molecule has 202 valence electrons. The molecule has 9 nitrogen and oxygen atoms in total. The molecule has 5 rings (SSSR count). The normalized spacial score (nSPS) is 19.6. The van der Waals surface area contributed by atoms with Crippen LogP contribution in [0, 0.1) is 0 Å². The summed E-state index contributed by atoms with van der Waals surface area (Å²) >= 11 is 0. The molecule has 2 fully saturated rings. The molecule has 38 heavy (non-hydrogen) atoms. The Morgan fingerprint density at radius 2 is 1.84 bits per heavy atom. The number of nitrogens with zero attached hydrogens (tertiary/aromatic N) is 5. The van der Waals surface area contributed by atoms with Crippen molar-refractivity contribution in [2.45, 2.75) is 44.6 Å². The SMILES string of the molecule is CNCC(=O)N1CCC(N2C(=NC(=O)c3ccccc3)Cc3cnc(OCCN4CCCCC4)cc32)CC1. The molecule has 0 radical (unpaired) electrons. The van der Waals surface area contributed by atoms with E-state index in [1.807, 2.05) is 35.4 Å². The molecule has 3 aliphatic heterocycles. The molecule has 2 amide bonds. The smallest absolute Gasteiger partial charge is 0.278 e. The largest absolute Gasteiger partial charge is 0.476 e. The Morgan fingerprint density at radius 3 is 2.58 bits per heavy atom. The zero-order chi connectivity index (χ0) is 26.3. The number of benzene rings is 1. The molecule has 0 atom stereocenters. The van der Waals surface area contributed by atoms with Crippen LogP contribution in [-0.2, 0) is 11.2 Å². The van der Waals surface area contributed by atoms with E-state index in [0.29, 0.717) is 44.1 Å². The van der Waals surface area contributed by atoms with E-state index in [1.54, 1.807) is 19.2 Å². The van der Waals surface area contributed by atoms with Crippen molar-refractivity contribution < 1.29 is 14.3 Å². The minimum absolute atomic E-state index is 0.120. The van der Waals surface area contributed by atoms with Gasteiger partial charge >= 0.3 is 0 Å². The lowest BCUT2D eigenvalue weighted by Crippen LogP contribution is -2.49. The third kappa shape index (κ3) is 6.22. The Balaban J connectivity index is 1.34. The van der Waals surface area contributed by atoms with E-state index in [0.717, 1.165) is 49.6 Å². The fourth-order valence-corrected chi connectivity index (χ4v) is 5.65. The number of amidine groups is 1. The standard InChI is InChI=1S/C29H38N6O3/c1-30-21-28(36)34-14-10-24(11-15-34)35-25-19-27(38-17-16-33-12-6-3-7-13-33)31-20-23(25)18-26(35)32-29(37)22-8-4-2-5-9-22/h2,4-5,8-9,19-20,24,30H,3,6-7,10-18,21H2,1H3. The number of likely N-dealkylation sites (N-methyl/N-ethyl adjacent to an activating group) is 1. The maximum atomic E-state index is 13.0. The van der Waals surface area contributed by atoms with Gasteiger partial charge in [-0.1, -0.05) is 24.6 Å². The van der Waals surface area contributed by atoms with Crippen LogP contribution in [0.3, 0.4) is 0 Å². The third-order valence-electron chi connectivity index (χ3n) is 7.69. The van der Waals surface area contributed by atoms with Gasteiger partial charge in [-0.15, -0.1) is 0 Å². The van der Waals surface area contributed by atoms with Gasteiger partial charge in [0.05, 0.1) is 12.2 Å². The van der Waals surface area contributed by atoms with Crippen molar-refractivity contribution in [1.82, 2.24) is 20.1 Å². The number of ether oxygens (including phenoxy) is 1. The summed E-state index contributed by atoms with van der Waals surface area (Å²) in [5.41, 5.74) is 2.62. The average Bonchev–Trinajstić information content (AvgIpc) is 3.31. The molecule has 0 aliphatic carbocycles. The summed E-state index contributed by atoms with van der Waals surface area (Å²) in [4.78, 5) is 41.2. The number of aromatic nitrogens is 1. The van der Waals surface area contributed by atoms with Gasteiger partial charge in [-0.05, 0) is 58.0 Å². The molecule has 4 heterocycles. The summed E-state index contributed by atoms with van der Waals surface area (Å²) < 4.78 is 6.08. The third-order valence-corrected chi connectivity index (χ3v) is 7.69. The van der Waals surface area contributed by atoms with Crippen molar-refractivity contribution in [3.63, 3.8) is 0 Å². The molecule has 0 bridgehead atoms. The first kappa shape index (κ1) is 26.3. The Morgan fingerprint density at radius 1 is 1.08 bits per heavy atom. The molecule has 3 aliphatic rings. The molecule has 0 saturated carbocycles. The Kier molecular flexibility index (Phi) is 8.65. The summed E-state index contributed by atoms with van der Waals surface area (Å²) in [5, 5.41) is 2.95. The van der Waals surface area contributed by atoms with Gasteiger partial charge in [-0.3, -0.25) is 14.5 Å². The van der Waals surface area contributed by atoms with E-state index in [2.05, 4.69) is 25.1 Å². The quantitative estimate of drug-likeness (QED) is 0.575. The number of carbonyl (C=O) groups is 2. The van der Waals surface area contributed by atoms with Crippen LogP contribution in [0.1, 0.15) is 48.0 Å². The molecule has 2 aromatic rings. The molecular formula is C29H38N6O3. The first-order valence-corrected chi connectivity index (χ1v) is 13.8. The maximum absolute atomic E-state index is 13.0. The molecule has 2 saturated heterocycles. The topological polar surface area (TPSA) is 90.4 Å². The van der Waals surface area contributed by atoms with Crippen LogP contribution < -0.4 is 15.0 Å². The molecule has 1 aromatic carbocycles. The van der Waals surface area contributed by atoms with E-state index in [4.69, 9.17) is 4.74 Å². The van der Waals surface area contributed by atoms with Crippen molar-refractivity contribution in [3.8, 4) is 5.88 Å². The number of hydrogen-bond donors (Lipinski definition) is 1. The van der Waals surface area contributed by atoms with Gasteiger partial charge in [0.15, 0.2) is 0 Å². The summed E-state index contributed by atoms with van der Waals surface area (Å²) in [6.07, 6.45) is 7.86. The van der Waals surface area contributed by atoms with E-state index in [1.165, 1.54) is 19.3 Å². The van der Waals surface area contributed by atoms with E-state index >= 15 is 0 Å². The highest BCUT2D eigenvalue weighted by Crippen LogP contribution is 2.36. The van der Waals surface area contributed by atoms with E-state index in [9.17, 15) is 9.59 Å². The van der Waals surface area contributed by atoms with E-state index < -0.39 is 0 Å². The van der Waals surface area contributed by atoms with Gasteiger partial charge in [0.25, 0.3) is 5.91 Å². The van der Waals surface area contributed by atoms with Crippen LogP contribution in [0.2, 0.25) is 0 Å². The van der Waals surface area contributed by atoms with Crippen LogP contribution in [-0.4, -0.2) is 91.4 Å².